The minimum Gasteiger partial charge on any atom is -0.496 e. The molecular formula is C16H21NOS. The van der Waals surface area contributed by atoms with Crippen LogP contribution in [0, 0.1) is 20.8 Å². The molecule has 2 aromatic rings. The quantitative estimate of drug-likeness (QED) is 0.917. The summed E-state index contributed by atoms with van der Waals surface area (Å²) in [4.78, 5) is 1.18. The highest BCUT2D eigenvalue weighted by molar-refractivity contribution is 7.10. The van der Waals surface area contributed by atoms with Crippen LogP contribution in [-0.2, 0) is 6.42 Å². The minimum atomic E-state index is 0.0361. The Morgan fingerprint density at radius 2 is 1.79 bits per heavy atom. The predicted molar refractivity (Wildman–Crippen MR) is 82.2 cm³/mol. The van der Waals surface area contributed by atoms with Crippen molar-refractivity contribution in [3.8, 4) is 5.75 Å². The van der Waals surface area contributed by atoms with Crippen molar-refractivity contribution in [1.29, 1.82) is 0 Å². The topological polar surface area (TPSA) is 35.2 Å². The number of rotatable bonds is 4. The summed E-state index contributed by atoms with van der Waals surface area (Å²) in [7, 11) is 1.69. The van der Waals surface area contributed by atoms with Gasteiger partial charge in [-0.2, -0.15) is 0 Å². The van der Waals surface area contributed by atoms with Crippen LogP contribution in [0.2, 0.25) is 0 Å². The van der Waals surface area contributed by atoms with Crippen LogP contribution in [-0.4, -0.2) is 7.11 Å². The maximum atomic E-state index is 6.33. The van der Waals surface area contributed by atoms with E-state index in [4.69, 9.17) is 10.5 Å². The van der Waals surface area contributed by atoms with Crippen molar-refractivity contribution < 1.29 is 4.74 Å². The molecule has 0 aliphatic heterocycles. The summed E-state index contributed by atoms with van der Waals surface area (Å²) < 4.78 is 5.21. The second-order valence-electron chi connectivity index (χ2n) is 5.08. The lowest BCUT2D eigenvalue weighted by atomic mass is 9.94. The van der Waals surface area contributed by atoms with Gasteiger partial charge in [0.25, 0.3) is 0 Å². The van der Waals surface area contributed by atoms with Crippen molar-refractivity contribution in [1.82, 2.24) is 0 Å². The molecule has 3 heteroatoms. The van der Waals surface area contributed by atoms with Gasteiger partial charge in [0, 0.05) is 16.3 Å². The first-order chi connectivity index (χ1) is 9.01. The second-order valence-corrected chi connectivity index (χ2v) is 6.02. The largest absolute Gasteiger partial charge is 0.496 e. The molecule has 0 bridgehead atoms. The van der Waals surface area contributed by atoms with Crippen molar-refractivity contribution in [2.75, 3.05) is 7.11 Å². The smallest absolute Gasteiger partial charge is 0.129 e. The highest BCUT2D eigenvalue weighted by Crippen LogP contribution is 2.29. The summed E-state index contributed by atoms with van der Waals surface area (Å²) in [5.41, 5.74) is 11.7. The van der Waals surface area contributed by atoms with Gasteiger partial charge < -0.3 is 10.5 Å². The number of nitrogens with two attached hydrogens (primary N) is 1. The van der Waals surface area contributed by atoms with Gasteiger partial charge in [-0.15, -0.1) is 11.3 Å². The van der Waals surface area contributed by atoms with Crippen LogP contribution in [0.5, 0.6) is 5.75 Å². The molecule has 1 unspecified atom stereocenters. The lowest BCUT2D eigenvalue weighted by Crippen LogP contribution is -2.13. The van der Waals surface area contributed by atoms with E-state index in [9.17, 15) is 0 Å². The Kier molecular flexibility index (Phi) is 4.27. The number of hydrogen-bond donors (Lipinski definition) is 1. The normalized spacial score (nSPS) is 12.5. The Balaban J connectivity index is 2.21. The monoisotopic (exact) mass is 275 g/mol. The molecule has 0 fully saturated rings. The fourth-order valence-corrected chi connectivity index (χ4v) is 3.35. The van der Waals surface area contributed by atoms with Crippen LogP contribution in [0.3, 0.4) is 0 Å². The van der Waals surface area contributed by atoms with Crippen LogP contribution in [0.25, 0.3) is 0 Å². The zero-order valence-corrected chi connectivity index (χ0v) is 12.8. The van der Waals surface area contributed by atoms with Gasteiger partial charge in [0.1, 0.15) is 5.75 Å². The van der Waals surface area contributed by atoms with Crippen molar-refractivity contribution in [3.05, 3.63) is 50.7 Å². The van der Waals surface area contributed by atoms with Crippen LogP contribution in [0.1, 0.15) is 33.2 Å². The van der Waals surface area contributed by atoms with Crippen LogP contribution < -0.4 is 10.5 Å². The Labute approximate surface area is 119 Å². The SMILES string of the molecule is COc1csc(C(N)Cc2c(C)cc(C)cc2C)c1. The Morgan fingerprint density at radius 3 is 2.32 bits per heavy atom. The van der Waals surface area contributed by atoms with E-state index in [1.807, 2.05) is 11.4 Å². The van der Waals surface area contributed by atoms with E-state index >= 15 is 0 Å². The molecule has 1 heterocycles. The number of ether oxygens (including phenoxy) is 1. The lowest BCUT2D eigenvalue weighted by Gasteiger charge is -2.15. The molecule has 1 aromatic carbocycles. The van der Waals surface area contributed by atoms with Crippen LogP contribution in [0.15, 0.2) is 23.6 Å². The van der Waals surface area contributed by atoms with Gasteiger partial charge in [0.05, 0.1) is 7.11 Å². The summed E-state index contributed by atoms with van der Waals surface area (Å²) in [5, 5.41) is 2.00. The molecule has 2 rings (SSSR count). The van der Waals surface area contributed by atoms with Gasteiger partial charge in [0.15, 0.2) is 0 Å². The van der Waals surface area contributed by atoms with Gasteiger partial charge in [-0.3, -0.25) is 0 Å². The van der Waals surface area contributed by atoms with E-state index < -0.39 is 0 Å². The van der Waals surface area contributed by atoms with E-state index in [0.29, 0.717) is 0 Å². The molecule has 0 spiro atoms. The molecule has 1 atom stereocenters. The van der Waals surface area contributed by atoms with Gasteiger partial charge in [0.2, 0.25) is 0 Å². The second kappa shape index (κ2) is 5.76. The number of thiophene rings is 1. The molecule has 0 amide bonds. The van der Waals surface area contributed by atoms with Crippen molar-refractivity contribution in [2.45, 2.75) is 33.2 Å². The molecule has 102 valence electrons. The average molecular weight is 275 g/mol. The molecule has 0 saturated heterocycles. The molecule has 0 radical (unpaired) electrons. The number of aryl methyl sites for hydroxylation is 3. The van der Waals surface area contributed by atoms with Crippen molar-refractivity contribution >= 4 is 11.3 Å². The van der Waals surface area contributed by atoms with Crippen molar-refractivity contribution in [2.24, 2.45) is 5.73 Å². The summed E-state index contributed by atoms with van der Waals surface area (Å²) in [6, 6.07) is 6.52. The summed E-state index contributed by atoms with van der Waals surface area (Å²) in [6.07, 6.45) is 0.877. The number of hydrogen-bond acceptors (Lipinski definition) is 3. The third-order valence-electron chi connectivity index (χ3n) is 3.46. The van der Waals surface area contributed by atoms with Gasteiger partial charge in [-0.25, -0.2) is 0 Å². The van der Waals surface area contributed by atoms with E-state index in [2.05, 4.69) is 32.9 Å². The highest BCUT2D eigenvalue weighted by atomic mass is 32.1. The van der Waals surface area contributed by atoms with Gasteiger partial charge >= 0.3 is 0 Å². The lowest BCUT2D eigenvalue weighted by molar-refractivity contribution is 0.416. The fraction of sp³-hybridized carbons (Fsp3) is 0.375. The first-order valence-corrected chi connectivity index (χ1v) is 7.34. The standard InChI is InChI=1S/C16H21NOS/c1-10-5-11(2)14(12(3)6-10)8-15(17)16-7-13(18-4)9-19-16/h5-7,9,15H,8,17H2,1-4H3. The Bertz CT molecular complexity index is 551. The fourth-order valence-electron chi connectivity index (χ4n) is 2.49. The minimum absolute atomic E-state index is 0.0361. The predicted octanol–water partition coefficient (Wildman–Crippen LogP) is 3.92. The summed E-state index contributed by atoms with van der Waals surface area (Å²) >= 11 is 1.67. The Hall–Kier alpha value is -1.32. The number of benzene rings is 1. The molecule has 2 N–H and O–H groups in total. The van der Waals surface area contributed by atoms with E-state index in [0.717, 1.165) is 12.2 Å². The molecular weight excluding hydrogens is 254 g/mol. The zero-order chi connectivity index (χ0) is 14.0. The van der Waals surface area contributed by atoms with E-state index in [-0.39, 0.29) is 6.04 Å². The first-order valence-electron chi connectivity index (χ1n) is 6.46. The molecule has 0 saturated carbocycles. The molecule has 19 heavy (non-hydrogen) atoms. The summed E-state index contributed by atoms with van der Waals surface area (Å²) in [6.45, 7) is 6.46. The Morgan fingerprint density at radius 1 is 1.16 bits per heavy atom. The van der Waals surface area contributed by atoms with Crippen LogP contribution in [0.4, 0.5) is 0 Å². The highest BCUT2D eigenvalue weighted by Gasteiger charge is 2.13. The third-order valence-corrected chi connectivity index (χ3v) is 4.50. The third kappa shape index (κ3) is 3.17. The van der Waals surface area contributed by atoms with E-state index in [1.54, 1.807) is 18.4 Å². The molecule has 2 nitrogen and oxygen atoms in total. The zero-order valence-electron chi connectivity index (χ0n) is 12.0. The molecule has 1 aromatic heterocycles. The van der Waals surface area contributed by atoms with Crippen molar-refractivity contribution in [3.63, 3.8) is 0 Å². The summed E-state index contributed by atoms with van der Waals surface area (Å²) in [5.74, 6) is 0.896. The van der Waals surface area contributed by atoms with Gasteiger partial charge in [-0.05, 0) is 49.9 Å². The first kappa shape index (κ1) is 14.1. The maximum absolute atomic E-state index is 6.33. The maximum Gasteiger partial charge on any atom is 0.129 e. The number of methoxy groups -OCH3 is 1. The molecule has 0 aliphatic rings. The van der Waals surface area contributed by atoms with Gasteiger partial charge in [-0.1, -0.05) is 17.7 Å². The molecule has 0 aliphatic carbocycles. The van der Waals surface area contributed by atoms with E-state index in [1.165, 1.54) is 27.1 Å². The average Bonchev–Trinajstić information content (AvgIpc) is 2.82. The van der Waals surface area contributed by atoms with Crippen LogP contribution >= 0.6 is 11.3 Å².